The Kier molecular flexibility index (Phi) is 6.68. The van der Waals surface area contributed by atoms with E-state index in [0.29, 0.717) is 25.7 Å². The highest BCUT2D eigenvalue weighted by molar-refractivity contribution is 9.10. The van der Waals surface area contributed by atoms with E-state index in [9.17, 15) is 27.6 Å². The predicted octanol–water partition coefficient (Wildman–Crippen LogP) is 2.89. The Hall–Kier alpha value is -2.89. The lowest BCUT2D eigenvalue weighted by molar-refractivity contribution is -0.121. The third-order valence-corrected chi connectivity index (χ3v) is 5.92. The van der Waals surface area contributed by atoms with Gasteiger partial charge in [0.2, 0.25) is 5.91 Å². The van der Waals surface area contributed by atoms with Crippen LogP contribution in [0.3, 0.4) is 0 Å². The highest BCUT2D eigenvalue weighted by atomic mass is 79.9. The van der Waals surface area contributed by atoms with Crippen molar-refractivity contribution >= 4 is 39.3 Å². The van der Waals surface area contributed by atoms with Crippen LogP contribution in [0, 0.1) is 23.4 Å². The molecule has 2 aromatic rings. The maximum atomic E-state index is 14.0. The zero-order valence-corrected chi connectivity index (χ0v) is 17.9. The smallest absolute Gasteiger partial charge is 0.272 e. The highest BCUT2D eigenvalue weighted by Crippen LogP contribution is 2.35. The van der Waals surface area contributed by atoms with Gasteiger partial charge >= 0.3 is 0 Å². The first-order valence-corrected chi connectivity index (χ1v) is 10.2. The molecule has 1 aromatic carbocycles. The van der Waals surface area contributed by atoms with Crippen LogP contribution in [0.2, 0.25) is 0 Å². The second-order valence-electron chi connectivity index (χ2n) is 7.13. The van der Waals surface area contributed by atoms with Gasteiger partial charge in [-0.05, 0) is 47.7 Å². The van der Waals surface area contributed by atoms with Crippen LogP contribution < -0.4 is 16.4 Å². The van der Waals surface area contributed by atoms with E-state index in [1.165, 1.54) is 17.9 Å². The minimum absolute atomic E-state index is 0.0139. The molecule has 0 aliphatic heterocycles. The third-order valence-electron chi connectivity index (χ3n) is 5.29. The average Bonchev–Trinajstić information content (AvgIpc) is 3.20. The molecule has 0 spiro atoms. The SMILES string of the molecule is CNC(=O)c1ncn(C2CCC(C(=O)Nc3c(Br)cc(F)c(F)c3F)CC2)c1C(N)=O. The lowest BCUT2D eigenvalue weighted by Crippen LogP contribution is -2.31. The molecule has 1 aromatic heterocycles. The number of primary amides is 1. The van der Waals surface area contributed by atoms with Crippen LogP contribution in [0.25, 0.3) is 0 Å². The lowest BCUT2D eigenvalue weighted by Gasteiger charge is -2.29. The molecular formula is C19H19BrF3N5O3. The standard InChI is InChI=1S/C19H19BrF3N5O3/c1-25-19(31)15-16(17(24)29)28(7-26-15)9-4-2-8(3-5-9)18(30)27-14-10(20)6-11(21)12(22)13(14)23/h6-9H,2-5H2,1H3,(H2,24,29)(H,25,31)(H,27,30). The normalized spacial score (nSPS) is 18.5. The molecule has 0 saturated heterocycles. The molecule has 31 heavy (non-hydrogen) atoms. The molecule has 1 fully saturated rings. The summed E-state index contributed by atoms with van der Waals surface area (Å²) in [6, 6.07) is 0.517. The number of halogens is 4. The summed E-state index contributed by atoms with van der Waals surface area (Å²) in [6.07, 6.45) is 3.05. The van der Waals surface area contributed by atoms with Crippen molar-refractivity contribution in [1.82, 2.24) is 14.9 Å². The third kappa shape index (κ3) is 4.43. The van der Waals surface area contributed by atoms with E-state index in [1.807, 2.05) is 0 Å². The number of hydrogen-bond donors (Lipinski definition) is 3. The van der Waals surface area contributed by atoms with Crippen molar-refractivity contribution in [3.05, 3.63) is 45.7 Å². The van der Waals surface area contributed by atoms with Crippen molar-refractivity contribution in [2.24, 2.45) is 11.7 Å². The lowest BCUT2D eigenvalue weighted by atomic mass is 9.85. The number of aromatic nitrogens is 2. The Morgan fingerprint density at radius 2 is 1.81 bits per heavy atom. The maximum absolute atomic E-state index is 14.0. The number of nitrogens with one attached hydrogen (secondary N) is 2. The van der Waals surface area contributed by atoms with Crippen molar-refractivity contribution in [3.63, 3.8) is 0 Å². The first-order valence-electron chi connectivity index (χ1n) is 9.38. The molecule has 12 heteroatoms. The number of carbonyl (C=O) groups is 3. The first-order chi connectivity index (χ1) is 14.6. The molecule has 0 radical (unpaired) electrons. The summed E-state index contributed by atoms with van der Waals surface area (Å²) < 4.78 is 42.2. The largest absolute Gasteiger partial charge is 0.364 e. The quantitative estimate of drug-likeness (QED) is 0.431. The van der Waals surface area contributed by atoms with Gasteiger partial charge in [-0.25, -0.2) is 18.2 Å². The number of amides is 3. The van der Waals surface area contributed by atoms with E-state index in [4.69, 9.17) is 5.73 Å². The molecule has 166 valence electrons. The Morgan fingerprint density at radius 3 is 2.39 bits per heavy atom. The van der Waals surface area contributed by atoms with Crippen molar-refractivity contribution in [3.8, 4) is 0 Å². The van der Waals surface area contributed by atoms with E-state index in [-0.39, 0.29) is 21.9 Å². The molecule has 1 aliphatic carbocycles. The minimum atomic E-state index is -1.67. The second-order valence-corrected chi connectivity index (χ2v) is 7.98. The number of benzene rings is 1. The summed E-state index contributed by atoms with van der Waals surface area (Å²) in [7, 11) is 1.41. The molecule has 1 saturated carbocycles. The topological polar surface area (TPSA) is 119 Å². The summed E-state index contributed by atoms with van der Waals surface area (Å²) >= 11 is 2.92. The second kappa shape index (κ2) is 9.08. The molecule has 0 bridgehead atoms. The Morgan fingerprint density at radius 1 is 1.16 bits per heavy atom. The molecule has 0 unspecified atom stereocenters. The van der Waals surface area contributed by atoms with Crippen LogP contribution in [0.4, 0.5) is 18.9 Å². The van der Waals surface area contributed by atoms with Crippen LogP contribution in [0.15, 0.2) is 16.9 Å². The Bertz CT molecular complexity index is 1050. The predicted molar refractivity (Wildman–Crippen MR) is 108 cm³/mol. The molecule has 1 aliphatic rings. The van der Waals surface area contributed by atoms with E-state index >= 15 is 0 Å². The van der Waals surface area contributed by atoms with Gasteiger partial charge in [-0.1, -0.05) is 0 Å². The summed E-state index contributed by atoms with van der Waals surface area (Å²) in [4.78, 5) is 40.3. The molecule has 3 rings (SSSR count). The number of anilines is 1. The summed E-state index contributed by atoms with van der Waals surface area (Å²) in [5, 5.41) is 4.71. The molecule has 3 amide bonds. The fourth-order valence-corrected chi connectivity index (χ4v) is 4.16. The Balaban J connectivity index is 1.71. The van der Waals surface area contributed by atoms with Crippen molar-refractivity contribution < 1.29 is 27.6 Å². The average molecular weight is 502 g/mol. The first kappa shape index (κ1) is 22.8. The van der Waals surface area contributed by atoms with Crippen LogP contribution in [-0.4, -0.2) is 34.3 Å². The Labute approximate surface area is 183 Å². The van der Waals surface area contributed by atoms with Gasteiger partial charge in [-0.3, -0.25) is 14.4 Å². The van der Waals surface area contributed by atoms with Crippen molar-refractivity contribution in [2.75, 3.05) is 12.4 Å². The highest BCUT2D eigenvalue weighted by Gasteiger charge is 2.32. The van der Waals surface area contributed by atoms with Gasteiger partial charge in [0.15, 0.2) is 23.1 Å². The number of nitrogens with two attached hydrogens (primary N) is 1. The van der Waals surface area contributed by atoms with E-state index in [2.05, 4.69) is 31.5 Å². The molecule has 4 N–H and O–H groups in total. The number of hydrogen-bond acceptors (Lipinski definition) is 4. The van der Waals surface area contributed by atoms with Gasteiger partial charge in [0.1, 0.15) is 5.69 Å². The van der Waals surface area contributed by atoms with Gasteiger partial charge in [-0.15, -0.1) is 0 Å². The van der Waals surface area contributed by atoms with Crippen molar-refractivity contribution in [2.45, 2.75) is 31.7 Å². The van der Waals surface area contributed by atoms with E-state index in [0.717, 1.165) is 6.07 Å². The molecule has 0 atom stereocenters. The molecule has 8 nitrogen and oxygen atoms in total. The van der Waals surface area contributed by atoms with Crippen LogP contribution in [-0.2, 0) is 4.79 Å². The van der Waals surface area contributed by atoms with Gasteiger partial charge in [-0.2, -0.15) is 0 Å². The van der Waals surface area contributed by atoms with Crippen molar-refractivity contribution in [1.29, 1.82) is 0 Å². The fourth-order valence-electron chi connectivity index (χ4n) is 3.69. The van der Waals surface area contributed by atoms with Crippen LogP contribution in [0.1, 0.15) is 52.7 Å². The van der Waals surface area contributed by atoms with Crippen LogP contribution in [0.5, 0.6) is 0 Å². The zero-order chi connectivity index (χ0) is 22.9. The van der Waals surface area contributed by atoms with Gasteiger partial charge < -0.3 is 20.9 Å². The van der Waals surface area contributed by atoms with E-state index in [1.54, 1.807) is 0 Å². The van der Waals surface area contributed by atoms with Gasteiger partial charge in [0.05, 0.1) is 12.0 Å². The summed E-state index contributed by atoms with van der Waals surface area (Å²) in [6.45, 7) is 0. The van der Waals surface area contributed by atoms with Gasteiger partial charge in [0.25, 0.3) is 11.8 Å². The number of rotatable bonds is 5. The van der Waals surface area contributed by atoms with Crippen LogP contribution >= 0.6 is 15.9 Å². The number of carbonyl (C=O) groups excluding carboxylic acids is 3. The van der Waals surface area contributed by atoms with E-state index < -0.39 is 46.8 Å². The molecular weight excluding hydrogens is 483 g/mol. The number of imidazole rings is 1. The minimum Gasteiger partial charge on any atom is -0.364 e. The monoisotopic (exact) mass is 501 g/mol. The zero-order valence-electron chi connectivity index (χ0n) is 16.3. The maximum Gasteiger partial charge on any atom is 0.272 e. The molecule has 1 heterocycles. The van der Waals surface area contributed by atoms with Gasteiger partial charge in [0, 0.05) is 23.5 Å². The fraction of sp³-hybridized carbons (Fsp3) is 0.368. The summed E-state index contributed by atoms with van der Waals surface area (Å²) in [5.74, 6) is -6.90. The summed E-state index contributed by atoms with van der Waals surface area (Å²) in [5.41, 5.74) is 4.88. The number of nitrogens with zero attached hydrogens (tertiary/aromatic N) is 2.